The van der Waals surface area contributed by atoms with Crippen molar-refractivity contribution in [2.75, 3.05) is 54.2 Å². The van der Waals surface area contributed by atoms with E-state index in [4.69, 9.17) is 28.4 Å². The lowest BCUT2D eigenvalue weighted by Crippen LogP contribution is -2.37. The summed E-state index contributed by atoms with van der Waals surface area (Å²) in [6, 6.07) is 12.6. The minimum absolute atomic E-state index is 0.304. The van der Waals surface area contributed by atoms with E-state index in [2.05, 4.69) is 0 Å². The molecule has 0 heterocycles. The molecule has 0 aliphatic heterocycles. The summed E-state index contributed by atoms with van der Waals surface area (Å²) in [5.41, 5.74) is -1.68. The van der Waals surface area contributed by atoms with E-state index in [9.17, 15) is 17.2 Å². The molecular formula is C36H40F2O8S. The van der Waals surface area contributed by atoms with Crippen LogP contribution in [0.3, 0.4) is 0 Å². The van der Waals surface area contributed by atoms with Crippen molar-refractivity contribution in [1.82, 2.24) is 0 Å². The van der Waals surface area contributed by atoms with Crippen molar-refractivity contribution in [1.29, 1.82) is 0 Å². The maximum absolute atomic E-state index is 14.3. The SMILES string of the molecule is COC1=CC(/C=C/c2ccccc2F)(OC)C=C(OC)C1CS(=O)(=O)CC1C(OC)=CC(/C=C/c2ccccc2F)(OC)C=C1OC. The second-order valence-electron chi connectivity index (χ2n) is 11.0. The smallest absolute Gasteiger partial charge is 0.152 e. The lowest BCUT2D eigenvalue weighted by atomic mass is 9.88. The fourth-order valence-electron chi connectivity index (χ4n) is 5.59. The van der Waals surface area contributed by atoms with E-state index in [1.165, 1.54) is 54.8 Å². The van der Waals surface area contributed by atoms with Gasteiger partial charge >= 0.3 is 0 Å². The highest BCUT2D eigenvalue weighted by Gasteiger charge is 2.41. The first-order valence-electron chi connectivity index (χ1n) is 14.7. The van der Waals surface area contributed by atoms with Crippen LogP contribution >= 0.6 is 0 Å². The van der Waals surface area contributed by atoms with E-state index in [0.29, 0.717) is 34.2 Å². The van der Waals surface area contributed by atoms with Crippen LogP contribution in [-0.2, 0) is 38.3 Å². The predicted octanol–water partition coefficient (Wildman–Crippen LogP) is 6.26. The van der Waals surface area contributed by atoms with Crippen molar-refractivity contribution >= 4 is 22.0 Å². The van der Waals surface area contributed by atoms with Crippen LogP contribution in [0.1, 0.15) is 11.1 Å². The zero-order valence-electron chi connectivity index (χ0n) is 27.2. The highest BCUT2D eigenvalue weighted by atomic mass is 32.2. The summed E-state index contributed by atoms with van der Waals surface area (Å²) in [5.74, 6) is -1.91. The van der Waals surface area contributed by atoms with Crippen LogP contribution in [0.25, 0.3) is 12.2 Å². The van der Waals surface area contributed by atoms with E-state index in [-0.39, 0.29) is 11.5 Å². The fourth-order valence-corrected chi connectivity index (χ4v) is 7.40. The Morgan fingerprint density at radius 3 is 1.19 bits per heavy atom. The molecule has 0 amide bonds. The van der Waals surface area contributed by atoms with Crippen molar-refractivity contribution in [3.8, 4) is 0 Å². The van der Waals surface area contributed by atoms with Crippen LogP contribution in [-0.4, -0.2) is 73.8 Å². The number of hydrogen-bond donors (Lipinski definition) is 0. The van der Waals surface area contributed by atoms with E-state index in [1.807, 2.05) is 0 Å². The van der Waals surface area contributed by atoms with Crippen LogP contribution in [0.4, 0.5) is 8.78 Å². The standard InChI is InChI=1S/C36H40F2O8S/c1-41-31-19-35(45-5,17-15-25-11-7-9-13-29(25)37)20-32(42-2)27(31)23-47(39,40)24-28-33(43-3)21-36(46-6,22-34(28)44-4)18-16-26-12-8-10-14-30(26)38/h7-22,27-28H,23-24H2,1-6H3/b17-15+,18-16+. The van der Waals surface area contributed by atoms with E-state index < -0.39 is 44.5 Å². The van der Waals surface area contributed by atoms with E-state index in [0.717, 1.165) is 0 Å². The molecule has 0 radical (unpaired) electrons. The molecule has 0 unspecified atom stereocenters. The zero-order valence-corrected chi connectivity index (χ0v) is 28.1. The third-order valence-electron chi connectivity index (χ3n) is 8.19. The Labute approximate surface area is 275 Å². The molecule has 0 atom stereocenters. The van der Waals surface area contributed by atoms with E-state index in [1.54, 1.807) is 85.0 Å². The van der Waals surface area contributed by atoms with Gasteiger partial charge in [-0.15, -0.1) is 0 Å². The molecule has 2 aliphatic rings. The van der Waals surface area contributed by atoms with Crippen molar-refractivity contribution in [2.24, 2.45) is 11.8 Å². The van der Waals surface area contributed by atoms with Crippen LogP contribution in [0, 0.1) is 23.5 Å². The van der Waals surface area contributed by atoms with Crippen LogP contribution < -0.4 is 0 Å². The largest absolute Gasteiger partial charge is 0.500 e. The third kappa shape index (κ3) is 8.22. The summed E-state index contributed by atoms with van der Waals surface area (Å²) in [4.78, 5) is 0. The summed E-state index contributed by atoms with van der Waals surface area (Å²) >= 11 is 0. The third-order valence-corrected chi connectivity index (χ3v) is 9.88. The fraction of sp³-hybridized carbons (Fsp3) is 0.333. The molecule has 0 saturated heterocycles. The molecule has 2 aromatic carbocycles. The van der Waals surface area contributed by atoms with Crippen molar-refractivity contribution in [3.63, 3.8) is 0 Å². The quantitative estimate of drug-likeness (QED) is 0.233. The second kappa shape index (κ2) is 15.1. The number of rotatable bonds is 14. The normalized spacial score (nSPS) is 24.8. The Kier molecular flexibility index (Phi) is 11.5. The van der Waals surface area contributed by atoms with Gasteiger partial charge in [-0.3, -0.25) is 0 Å². The number of methoxy groups -OCH3 is 6. The molecule has 0 saturated carbocycles. The maximum atomic E-state index is 14.3. The number of sulfone groups is 1. The first kappa shape index (κ1) is 35.7. The van der Waals surface area contributed by atoms with Crippen molar-refractivity contribution in [2.45, 2.75) is 11.2 Å². The average molecular weight is 671 g/mol. The first-order valence-corrected chi connectivity index (χ1v) is 16.5. The van der Waals surface area contributed by atoms with Gasteiger partial charge in [-0.2, -0.15) is 0 Å². The number of benzene rings is 2. The predicted molar refractivity (Wildman–Crippen MR) is 176 cm³/mol. The average Bonchev–Trinajstić information content (AvgIpc) is 3.08. The summed E-state index contributed by atoms with van der Waals surface area (Å²) < 4.78 is 90.6. The summed E-state index contributed by atoms with van der Waals surface area (Å²) in [6.45, 7) is 0. The van der Waals surface area contributed by atoms with Crippen LogP contribution in [0.15, 0.2) is 108 Å². The number of hydrogen-bond acceptors (Lipinski definition) is 8. The molecule has 11 heteroatoms. The van der Waals surface area contributed by atoms with Gasteiger partial charge < -0.3 is 28.4 Å². The first-order chi connectivity index (χ1) is 22.5. The van der Waals surface area contributed by atoms with Gasteiger partial charge in [-0.25, -0.2) is 17.2 Å². The molecule has 0 aromatic heterocycles. The highest BCUT2D eigenvalue weighted by Crippen LogP contribution is 2.39. The zero-order chi connectivity index (χ0) is 34.2. The Morgan fingerprint density at radius 1 is 0.596 bits per heavy atom. The molecule has 2 aliphatic carbocycles. The monoisotopic (exact) mass is 670 g/mol. The van der Waals surface area contributed by atoms with Gasteiger partial charge in [-0.05, 0) is 48.6 Å². The minimum Gasteiger partial charge on any atom is -0.500 e. The molecule has 47 heavy (non-hydrogen) atoms. The number of ether oxygens (including phenoxy) is 6. The Balaban J connectivity index is 1.62. The topological polar surface area (TPSA) is 89.5 Å². The molecule has 8 nitrogen and oxygen atoms in total. The van der Waals surface area contributed by atoms with Gasteiger partial charge in [0.1, 0.15) is 45.9 Å². The molecule has 0 N–H and O–H groups in total. The molecule has 252 valence electrons. The van der Waals surface area contributed by atoms with Gasteiger partial charge in [0.2, 0.25) is 0 Å². The molecular weight excluding hydrogens is 630 g/mol. The van der Waals surface area contributed by atoms with Crippen LogP contribution in [0.2, 0.25) is 0 Å². The minimum atomic E-state index is -3.86. The van der Waals surface area contributed by atoms with Gasteiger partial charge in [0.05, 0.1) is 51.8 Å². The lowest BCUT2D eigenvalue weighted by molar-refractivity contribution is 0.0914. The molecule has 2 aromatic rings. The van der Waals surface area contributed by atoms with Gasteiger partial charge in [0, 0.05) is 25.3 Å². The Hall–Kier alpha value is -4.19. The Bertz CT molecular complexity index is 1560. The summed E-state index contributed by atoms with van der Waals surface area (Å²) in [6.07, 6.45) is 13.0. The van der Waals surface area contributed by atoms with E-state index >= 15 is 0 Å². The lowest BCUT2D eigenvalue weighted by Gasteiger charge is -2.34. The number of halogens is 2. The van der Waals surface area contributed by atoms with Gasteiger partial charge in [0.15, 0.2) is 9.84 Å². The second-order valence-corrected chi connectivity index (χ2v) is 13.2. The Morgan fingerprint density at radius 2 is 0.915 bits per heavy atom. The molecule has 0 spiro atoms. The molecule has 0 bridgehead atoms. The summed E-state index contributed by atoms with van der Waals surface area (Å²) in [5, 5.41) is 0. The van der Waals surface area contributed by atoms with Gasteiger partial charge in [0.25, 0.3) is 0 Å². The van der Waals surface area contributed by atoms with Crippen molar-refractivity contribution in [3.05, 3.63) is 131 Å². The van der Waals surface area contributed by atoms with Crippen LogP contribution in [0.5, 0.6) is 0 Å². The highest BCUT2D eigenvalue weighted by molar-refractivity contribution is 7.91. The molecule has 0 fully saturated rings. The van der Waals surface area contributed by atoms with Crippen molar-refractivity contribution < 1.29 is 45.6 Å². The van der Waals surface area contributed by atoms with Gasteiger partial charge in [-0.1, -0.05) is 48.6 Å². The summed E-state index contributed by atoms with van der Waals surface area (Å²) in [7, 11) is 4.82. The maximum Gasteiger partial charge on any atom is 0.152 e. The molecule has 4 rings (SSSR count).